The van der Waals surface area contributed by atoms with Crippen LogP contribution in [0.25, 0.3) is 0 Å². The van der Waals surface area contributed by atoms with E-state index in [1.54, 1.807) is 14.2 Å². The molecule has 2 aliphatic rings. The fourth-order valence-corrected chi connectivity index (χ4v) is 3.36. The standard InChI is InChI=1S/C19H26N4O3/c1-24-16-6-3-14(11-17(16)25-2)12-22-7-9-23(10-8-22)13-18-20-21-19(26-18)15-4-5-15/h3,6,11,15H,4-5,7-10,12-13H2,1-2H3. The van der Waals surface area contributed by atoms with Crippen molar-refractivity contribution >= 4 is 0 Å². The summed E-state index contributed by atoms with van der Waals surface area (Å²) in [7, 11) is 3.33. The van der Waals surface area contributed by atoms with Gasteiger partial charge >= 0.3 is 0 Å². The van der Waals surface area contributed by atoms with Crippen LogP contribution in [0, 0.1) is 0 Å². The maximum absolute atomic E-state index is 5.78. The van der Waals surface area contributed by atoms with Crippen LogP contribution in [0.5, 0.6) is 11.5 Å². The minimum atomic E-state index is 0.523. The van der Waals surface area contributed by atoms with Gasteiger partial charge in [-0.05, 0) is 30.5 Å². The summed E-state index contributed by atoms with van der Waals surface area (Å²) in [6.07, 6.45) is 2.38. The number of hydrogen-bond donors (Lipinski definition) is 0. The molecule has 0 radical (unpaired) electrons. The van der Waals surface area contributed by atoms with E-state index in [0.29, 0.717) is 5.92 Å². The number of piperazine rings is 1. The van der Waals surface area contributed by atoms with Gasteiger partial charge in [0.2, 0.25) is 11.8 Å². The molecule has 26 heavy (non-hydrogen) atoms. The van der Waals surface area contributed by atoms with Crippen LogP contribution >= 0.6 is 0 Å². The number of nitrogens with zero attached hydrogens (tertiary/aromatic N) is 4. The van der Waals surface area contributed by atoms with Gasteiger partial charge in [0, 0.05) is 38.6 Å². The van der Waals surface area contributed by atoms with E-state index in [1.165, 1.54) is 18.4 Å². The quantitative estimate of drug-likeness (QED) is 0.752. The first-order chi connectivity index (χ1) is 12.7. The average Bonchev–Trinajstić information content (AvgIpc) is 3.42. The second kappa shape index (κ2) is 7.63. The van der Waals surface area contributed by atoms with E-state index < -0.39 is 0 Å². The van der Waals surface area contributed by atoms with Crippen LogP contribution in [0.4, 0.5) is 0 Å². The van der Waals surface area contributed by atoms with Crippen molar-refractivity contribution in [3.63, 3.8) is 0 Å². The molecule has 2 aromatic rings. The Morgan fingerprint density at radius 2 is 1.65 bits per heavy atom. The molecule has 1 aliphatic carbocycles. The zero-order chi connectivity index (χ0) is 17.9. The van der Waals surface area contributed by atoms with Gasteiger partial charge in [-0.1, -0.05) is 6.07 Å². The summed E-state index contributed by atoms with van der Waals surface area (Å²) >= 11 is 0. The second-order valence-corrected chi connectivity index (χ2v) is 7.05. The molecule has 1 aliphatic heterocycles. The molecule has 0 unspecified atom stereocenters. The van der Waals surface area contributed by atoms with Gasteiger partial charge < -0.3 is 13.9 Å². The molecule has 140 valence electrons. The molecule has 7 nitrogen and oxygen atoms in total. The topological polar surface area (TPSA) is 63.9 Å². The molecule has 0 N–H and O–H groups in total. The highest BCUT2D eigenvalue weighted by Crippen LogP contribution is 2.39. The van der Waals surface area contributed by atoms with Crippen molar-refractivity contribution in [2.45, 2.75) is 31.8 Å². The third-order valence-electron chi connectivity index (χ3n) is 5.09. The molecule has 1 saturated carbocycles. The van der Waals surface area contributed by atoms with Crippen LogP contribution in [0.2, 0.25) is 0 Å². The molecule has 1 aromatic carbocycles. The first kappa shape index (κ1) is 17.3. The van der Waals surface area contributed by atoms with Gasteiger partial charge in [-0.25, -0.2) is 0 Å². The SMILES string of the molecule is COc1ccc(CN2CCN(Cc3nnc(C4CC4)o3)CC2)cc1OC. The van der Waals surface area contributed by atoms with E-state index in [9.17, 15) is 0 Å². The molecular weight excluding hydrogens is 332 g/mol. The van der Waals surface area contributed by atoms with Crippen molar-refractivity contribution in [1.82, 2.24) is 20.0 Å². The Balaban J connectivity index is 1.27. The first-order valence-corrected chi connectivity index (χ1v) is 9.23. The molecule has 0 atom stereocenters. The fourth-order valence-electron chi connectivity index (χ4n) is 3.36. The Morgan fingerprint density at radius 1 is 0.962 bits per heavy atom. The van der Waals surface area contributed by atoms with Gasteiger partial charge in [-0.3, -0.25) is 9.80 Å². The summed E-state index contributed by atoms with van der Waals surface area (Å²) in [5, 5.41) is 8.37. The minimum Gasteiger partial charge on any atom is -0.493 e. The molecule has 0 spiro atoms. The van der Waals surface area contributed by atoms with Gasteiger partial charge in [0.1, 0.15) is 0 Å². The van der Waals surface area contributed by atoms with Crippen LogP contribution in [-0.4, -0.2) is 60.4 Å². The molecular formula is C19H26N4O3. The Bertz CT molecular complexity index is 736. The first-order valence-electron chi connectivity index (χ1n) is 9.23. The summed E-state index contributed by atoms with van der Waals surface area (Å²) in [5.74, 6) is 3.65. The van der Waals surface area contributed by atoms with E-state index in [2.05, 4.69) is 32.1 Å². The van der Waals surface area contributed by atoms with Crippen LogP contribution in [0.3, 0.4) is 0 Å². The number of methoxy groups -OCH3 is 2. The van der Waals surface area contributed by atoms with Crippen molar-refractivity contribution < 1.29 is 13.9 Å². The number of aromatic nitrogens is 2. The van der Waals surface area contributed by atoms with Crippen molar-refractivity contribution in [2.24, 2.45) is 0 Å². The highest BCUT2D eigenvalue weighted by atomic mass is 16.5. The molecule has 4 rings (SSSR count). The summed E-state index contributed by atoms with van der Waals surface area (Å²) in [6, 6.07) is 6.13. The van der Waals surface area contributed by atoms with Gasteiger partial charge in [0.15, 0.2) is 11.5 Å². The monoisotopic (exact) mass is 358 g/mol. The van der Waals surface area contributed by atoms with E-state index in [-0.39, 0.29) is 0 Å². The van der Waals surface area contributed by atoms with Crippen LogP contribution in [-0.2, 0) is 13.1 Å². The third-order valence-corrected chi connectivity index (χ3v) is 5.09. The van der Waals surface area contributed by atoms with Gasteiger partial charge in [-0.2, -0.15) is 0 Å². The van der Waals surface area contributed by atoms with E-state index >= 15 is 0 Å². The Morgan fingerprint density at radius 3 is 2.31 bits per heavy atom. The molecule has 1 saturated heterocycles. The largest absolute Gasteiger partial charge is 0.493 e. The zero-order valence-corrected chi connectivity index (χ0v) is 15.5. The van der Waals surface area contributed by atoms with Gasteiger partial charge in [-0.15, -0.1) is 10.2 Å². The van der Waals surface area contributed by atoms with Crippen LogP contribution in [0.15, 0.2) is 22.6 Å². The lowest BCUT2D eigenvalue weighted by atomic mass is 10.1. The lowest BCUT2D eigenvalue weighted by Crippen LogP contribution is -2.45. The third kappa shape index (κ3) is 3.99. The lowest BCUT2D eigenvalue weighted by Gasteiger charge is -2.34. The molecule has 0 amide bonds. The highest BCUT2D eigenvalue weighted by molar-refractivity contribution is 5.42. The molecule has 2 heterocycles. The van der Waals surface area contributed by atoms with Crippen molar-refractivity contribution in [2.75, 3.05) is 40.4 Å². The zero-order valence-electron chi connectivity index (χ0n) is 15.5. The normalized spacial score (nSPS) is 18.8. The molecule has 2 fully saturated rings. The van der Waals surface area contributed by atoms with Gasteiger partial charge in [0.05, 0.1) is 20.8 Å². The maximum atomic E-state index is 5.78. The van der Waals surface area contributed by atoms with Crippen molar-refractivity contribution in [3.05, 3.63) is 35.5 Å². The predicted molar refractivity (Wildman–Crippen MR) is 96.4 cm³/mol. The highest BCUT2D eigenvalue weighted by Gasteiger charge is 2.29. The van der Waals surface area contributed by atoms with E-state index in [4.69, 9.17) is 13.9 Å². The summed E-state index contributed by atoms with van der Waals surface area (Å²) in [5.41, 5.74) is 1.24. The smallest absolute Gasteiger partial charge is 0.230 e. The lowest BCUT2D eigenvalue weighted by molar-refractivity contribution is 0.114. The number of rotatable bonds is 7. The van der Waals surface area contributed by atoms with Crippen LogP contribution < -0.4 is 9.47 Å². The summed E-state index contributed by atoms with van der Waals surface area (Å²) in [4.78, 5) is 4.84. The number of hydrogen-bond acceptors (Lipinski definition) is 7. The average molecular weight is 358 g/mol. The van der Waals surface area contributed by atoms with Crippen molar-refractivity contribution in [1.29, 1.82) is 0 Å². The Kier molecular flexibility index (Phi) is 5.08. The van der Waals surface area contributed by atoms with E-state index in [1.807, 2.05) is 6.07 Å². The second-order valence-electron chi connectivity index (χ2n) is 7.05. The van der Waals surface area contributed by atoms with Gasteiger partial charge in [0.25, 0.3) is 0 Å². The fraction of sp³-hybridized carbons (Fsp3) is 0.579. The Hall–Kier alpha value is -2.12. The van der Waals surface area contributed by atoms with E-state index in [0.717, 1.165) is 62.5 Å². The molecule has 1 aromatic heterocycles. The molecule has 0 bridgehead atoms. The summed E-state index contributed by atoms with van der Waals surface area (Å²) < 4.78 is 16.5. The number of benzene rings is 1. The Labute approximate surface area is 153 Å². The van der Waals surface area contributed by atoms with Crippen LogP contribution in [0.1, 0.15) is 36.1 Å². The predicted octanol–water partition coefficient (Wildman–Crippen LogP) is 2.28. The summed E-state index contributed by atoms with van der Waals surface area (Å²) in [6.45, 7) is 5.74. The van der Waals surface area contributed by atoms with Crippen molar-refractivity contribution in [3.8, 4) is 11.5 Å². The maximum Gasteiger partial charge on any atom is 0.230 e. The number of ether oxygens (including phenoxy) is 2. The minimum absolute atomic E-state index is 0.523. The molecule has 7 heteroatoms.